The summed E-state index contributed by atoms with van der Waals surface area (Å²) in [5.74, 6) is 2.62. The van der Waals surface area contributed by atoms with Crippen molar-refractivity contribution >= 4 is 5.97 Å². The normalized spacial score (nSPS) is 23.0. The summed E-state index contributed by atoms with van der Waals surface area (Å²) in [5, 5.41) is 0. The number of carbonyl (C=O) groups excluding carboxylic acids is 1. The van der Waals surface area contributed by atoms with Crippen molar-refractivity contribution in [2.24, 2.45) is 11.8 Å². The third kappa shape index (κ3) is 2.85. The van der Waals surface area contributed by atoms with Crippen LogP contribution in [0.2, 0.25) is 0 Å². The van der Waals surface area contributed by atoms with Crippen molar-refractivity contribution in [3.05, 3.63) is 34.9 Å². The van der Waals surface area contributed by atoms with Crippen LogP contribution in [-0.4, -0.2) is 47.8 Å². The van der Waals surface area contributed by atoms with Crippen molar-refractivity contribution in [2.45, 2.75) is 12.3 Å². The first-order valence-corrected chi connectivity index (χ1v) is 10.1. The van der Waals surface area contributed by atoms with Gasteiger partial charge in [0.2, 0.25) is 18.3 Å². The van der Waals surface area contributed by atoms with Crippen LogP contribution in [-0.2, 0) is 16.0 Å². The van der Waals surface area contributed by atoms with Gasteiger partial charge < -0.3 is 33.2 Å². The summed E-state index contributed by atoms with van der Waals surface area (Å²) in [5.41, 5.74) is 2.82. The monoisotopic (exact) mass is 428 g/mol. The number of cyclic esters (lactones) is 1. The molecule has 2 aliphatic heterocycles. The highest BCUT2D eigenvalue weighted by molar-refractivity contribution is 5.79. The summed E-state index contributed by atoms with van der Waals surface area (Å²) >= 11 is 0. The Bertz CT molecular complexity index is 1020. The van der Waals surface area contributed by atoms with Crippen LogP contribution in [0.3, 0.4) is 0 Å². The van der Waals surface area contributed by atoms with Crippen LogP contribution in [0.5, 0.6) is 34.5 Å². The van der Waals surface area contributed by atoms with E-state index in [1.807, 2.05) is 18.2 Å². The molecular weight excluding hydrogens is 404 g/mol. The van der Waals surface area contributed by atoms with E-state index in [1.165, 1.54) is 0 Å². The van der Waals surface area contributed by atoms with E-state index >= 15 is 0 Å². The van der Waals surface area contributed by atoms with Crippen LogP contribution in [0.15, 0.2) is 18.2 Å². The van der Waals surface area contributed by atoms with Gasteiger partial charge in [-0.25, -0.2) is 0 Å². The zero-order valence-corrected chi connectivity index (χ0v) is 17.9. The summed E-state index contributed by atoms with van der Waals surface area (Å²) < 4.78 is 39.2. The number of rotatable bonds is 5. The lowest BCUT2D eigenvalue weighted by atomic mass is 9.67. The Kier molecular flexibility index (Phi) is 4.72. The SMILES string of the molecule is COc1cc([C@@H]2c3cc4c(c(OC)c3C[C@H]3COC(=O)C32)OCO4)cc(OC)c1OC. The topological polar surface area (TPSA) is 81.7 Å². The molecule has 0 N–H and O–H groups in total. The van der Waals surface area contributed by atoms with E-state index in [0.29, 0.717) is 47.5 Å². The summed E-state index contributed by atoms with van der Waals surface area (Å²) in [6, 6.07) is 5.73. The molecule has 3 atom stereocenters. The Morgan fingerprint density at radius 1 is 0.871 bits per heavy atom. The number of carbonyl (C=O) groups is 1. The second kappa shape index (κ2) is 7.44. The molecule has 8 nitrogen and oxygen atoms in total. The fraction of sp³-hybridized carbons (Fsp3) is 0.435. The van der Waals surface area contributed by atoms with Gasteiger partial charge in [0.05, 0.1) is 41.0 Å². The lowest BCUT2D eigenvalue weighted by molar-refractivity contribution is -0.141. The number of fused-ring (bicyclic) bond motifs is 3. The van der Waals surface area contributed by atoms with Crippen LogP contribution in [0.1, 0.15) is 22.6 Å². The quantitative estimate of drug-likeness (QED) is 0.673. The molecule has 1 saturated heterocycles. The lowest BCUT2D eigenvalue weighted by Gasteiger charge is -2.34. The predicted octanol–water partition coefficient (Wildman–Crippen LogP) is 2.93. The Morgan fingerprint density at radius 3 is 2.23 bits per heavy atom. The Morgan fingerprint density at radius 2 is 1.58 bits per heavy atom. The molecule has 31 heavy (non-hydrogen) atoms. The van der Waals surface area contributed by atoms with Gasteiger partial charge in [0.15, 0.2) is 23.0 Å². The van der Waals surface area contributed by atoms with Gasteiger partial charge in [0.25, 0.3) is 0 Å². The third-order valence-corrected chi connectivity index (χ3v) is 6.39. The van der Waals surface area contributed by atoms with E-state index in [-0.39, 0.29) is 30.5 Å². The molecule has 1 unspecified atom stereocenters. The van der Waals surface area contributed by atoms with Crippen molar-refractivity contribution in [3.8, 4) is 34.5 Å². The number of ether oxygens (including phenoxy) is 7. The molecule has 2 aromatic rings. The maximum absolute atomic E-state index is 12.8. The largest absolute Gasteiger partial charge is 0.493 e. The van der Waals surface area contributed by atoms with Crippen molar-refractivity contribution in [1.29, 1.82) is 0 Å². The van der Waals surface area contributed by atoms with E-state index in [0.717, 1.165) is 16.7 Å². The molecule has 2 aromatic carbocycles. The average Bonchev–Trinajstić information content (AvgIpc) is 3.41. The molecule has 0 saturated carbocycles. The Labute approximate surface area is 179 Å². The van der Waals surface area contributed by atoms with E-state index in [9.17, 15) is 4.79 Å². The van der Waals surface area contributed by atoms with Gasteiger partial charge in [-0.2, -0.15) is 0 Å². The Hall–Kier alpha value is -3.29. The maximum Gasteiger partial charge on any atom is 0.310 e. The first kappa shape index (κ1) is 19.7. The lowest BCUT2D eigenvalue weighted by Crippen LogP contribution is -2.32. The maximum atomic E-state index is 12.8. The second-order valence-electron chi connectivity index (χ2n) is 7.77. The molecule has 1 fully saturated rings. The van der Waals surface area contributed by atoms with Crippen molar-refractivity contribution in [1.82, 2.24) is 0 Å². The molecule has 0 radical (unpaired) electrons. The molecular formula is C23H24O8. The third-order valence-electron chi connectivity index (χ3n) is 6.39. The first-order valence-electron chi connectivity index (χ1n) is 10.1. The molecule has 3 aliphatic rings. The number of hydrogen-bond acceptors (Lipinski definition) is 8. The predicted molar refractivity (Wildman–Crippen MR) is 109 cm³/mol. The fourth-order valence-corrected chi connectivity index (χ4v) is 5.07. The smallest absolute Gasteiger partial charge is 0.310 e. The molecule has 5 rings (SSSR count). The molecule has 0 aromatic heterocycles. The van der Waals surface area contributed by atoms with Crippen LogP contribution in [0.25, 0.3) is 0 Å². The fourth-order valence-electron chi connectivity index (χ4n) is 5.07. The average molecular weight is 428 g/mol. The minimum atomic E-state index is -0.333. The molecule has 1 aliphatic carbocycles. The minimum Gasteiger partial charge on any atom is -0.493 e. The van der Waals surface area contributed by atoms with Crippen LogP contribution >= 0.6 is 0 Å². The van der Waals surface area contributed by atoms with E-state index < -0.39 is 0 Å². The van der Waals surface area contributed by atoms with Gasteiger partial charge in [-0.3, -0.25) is 4.79 Å². The Balaban J connectivity index is 1.76. The molecule has 2 heterocycles. The number of esters is 1. The van der Waals surface area contributed by atoms with Crippen LogP contribution in [0.4, 0.5) is 0 Å². The van der Waals surface area contributed by atoms with Crippen molar-refractivity contribution < 1.29 is 38.0 Å². The molecule has 0 amide bonds. The zero-order chi connectivity index (χ0) is 21.7. The van der Waals surface area contributed by atoms with E-state index in [4.69, 9.17) is 33.2 Å². The molecule has 0 spiro atoms. The molecule has 164 valence electrons. The second-order valence-corrected chi connectivity index (χ2v) is 7.77. The molecule has 0 bridgehead atoms. The summed E-state index contributed by atoms with van der Waals surface area (Å²) in [7, 11) is 6.33. The molecule has 8 heteroatoms. The van der Waals surface area contributed by atoms with Gasteiger partial charge in [-0.15, -0.1) is 0 Å². The number of benzene rings is 2. The van der Waals surface area contributed by atoms with Gasteiger partial charge in [0.1, 0.15) is 0 Å². The van der Waals surface area contributed by atoms with Crippen molar-refractivity contribution in [2.75, 3.05) is 41.8 Å². The van der Waals surface area contributed by atoms with Gasteiger partial charge in [-0.05, 0) is 35.7 Å². The van der Waals surface area contributed by atoms with Gasteiger partial charge >= 0.3 is 5.97 Å². The minimum absolute atomic E-state index is 0.0263. The van der Waals surface area contributed by atoms with Gasteiger partial charge in [0, 0.05) is 17.4 Å². The first-order chi connectivity index (χ1) is 15.1. The summed E-state index contributed by atoms with van der Waals surface area (Å²) in [6.07, 6.45) is 0.659. The number of hydrogen-bond donors (Lipinski definition) is 0. The highest BCUT2D eigenvalue weighted by Gasteiger charge is 2.49. The zero-order valence-electron chi connectivity index (χ0n) is 17.9. The van der Waals surface area contributed by atoms with Crippen LogP contribution < -0.4 is 28.4 Å². The van der Waals surface area contributed by atoms with Gasteiger partial charge in [-0.1, -0.05) is 0 Å². The summed E-state index contributed by atoms with van der Waals surface area (Å²) in [4.78, 5) is 12.8. The van der Waals surface area contributed by atoms with E-state index in [2.05, 4.69) is 0 Å². The van der Waals surface area contributed by atoms with Crippen LogP contribution in [0, 0.1) is 11.8 Å². The number of methoxy groups -OCH3 is 4. The standard InChI is InChI=1S/C23H24O8/c1-25-15-6-11(7-16(26-2)21(15)28-4)18-13-8-17-22(31-10-30-17)20(27-3)14(13)5-12-9-29-23(24)19(12)18/h6-8,12,18-19H,5,9-10H2,1-4H3/t12-,18+,19?/m0/s1. The highest BCUT2D eigenvalue weighted by atomic mass is 16.7. The highest BCUT2D eigenvalue weighted by Crippen LogP contribution is 2.56. The summed E-state index contributed by atoms with van der Waals surface area (Å²) in [6.45, 7) is 0.514. The van der Waals surface area contributed by atoms with E-state index in [1.54, 1.807) is 28.4 Å². The van der Waals surface area contributed by atoms with Crippen molar-refractivity contribution in [3.63, 3.8) is 0 Å².